The molecule has 6 aromatic rings. The van der Waals surface area contributed by atoms with Crippen LogP contribution in [0.15, 0.2) is 164 Å². The van der Waals surface area contributed by atoms with Crippen molar-refractivity contribution in [3.63, 3.8) is 0 Å². The van der Waals surface area contributed by atoms with Gasteiger partial charge in [-0.15, -0.1) is 0 Å². The highest BCUT2D eigenvalue weighted by Crippen LogP contribution is 2.66. The molecule has 4 heteroatoms. The number of rotatable bonds is 2. The lowest BCUT2D eigenvalue weighted by Gasteiger charge is -2.38. The molecular formula is C49H34N2S2. The van der Waals surface area contributed by atoms with Gasteiger partial charge in [0.2, 0.25) is 0 Å². The summed E-state index contributed by atoms with van der Waals surface area (Å²) in [5, 5.41) is 2.58. The minimum absolute atomic E-state index is 0.542. The summed E-state index contributed by atoms with van der Waals surface area (Å²) < 4.78 is 0. The summed E-state index contributed by atoms with van der Waals surface area (Å²) in [6, 6.07) is 43.7. The summed E-state index contributed by atoms with van der Waals surface area (Å²) in [5.41, 5.74) is 20.1. The molecule has 2 saturated carbocycles. The first-order valence-corrected chi connectivity index (χ1v) is 20.7. The molecule has 2 atom stereocenters. The van der Waals surface area contributed by atoms with Crippen molar-refractivity contribution in [2.24, 2.45) is 11.8 Å². The van der Waals surface area contributed by atoms with Gasteiger partial charge in [0.05, 0.1) is 22.7 Å². The number of anilines is 5. The number of fused-ring (bicyclic) bond motifs is 12. The Morgan fingerprint density at radius 2 is 1.36 bits per heavy atom. The van der Waals surface area contributed by atoms with E-state index in [1.807, 2.05) is 23.5 Å². The van der Waals surface area contributed by atoms with Gasteiger partial charge in [0, 0.05) is 42.3 Å². The number of allylic oxidation sites excluding steroid dienone is 7. The maximum Gasteiger partial charge on any atom is 0.0679 e. The third-order valence-electron chi connectivity index (χ3n) is 12.4. The molecule has 2 unspecified atom stereocenters. The van der Waals surface area contributed by atoms with E-state index in [4.69, 9.17) is 0 Å². The zero-order valence-corrected chi connectivity index (χ0v) is 30.7. The molecule has 2 aliphatic heterocycles. The van der Waals surface area contributed by atoms with Gasteiger partial charge in [-0.3, -0.25) is 0 Å². The molecular weight excluding hydrogens is 681 g/mol. The van der Waals surface area contributed by atoms with Crippen molar-refractivity contribution in [2.45, 2.75) is 51.7 Å². The number of hydrogen-bond donors (Lipinski definition) is 0. The lowest BCUT2D eigenvalue weighted by Crippen LogP contribution is -2.25. The van der Waals surface area contributed by atoms with Crippen molar-refractivity contribution in [1.82, 2.24) is 0 Å². The van der Waals surface area contributed by atoms with Crippen LogP contribution in [0.2, 0.25) is 0 Å². The molecule has 5 aliphatic carbocycles. The molecule has 6 aromatic carbocycles. The Morgan fingerprint density at radius 3 is 2.21 bits per heavy atom. The standard InChI is InChI=1S/C49H34N2S2/c1-3-11-32-28(9-1)19-23-44-48(32)50(39-13-5-7-15-42(39)52-44)31-21-22-34-35(25-31)38-27-41(36-26-37(36)47(38)46(34)30-17-18-30)51-40-14-6-8-16-43(40)53-45-24-20-29-10-2-4-12-33(29)49(45)51/h1-3,5-11,13-16,19-25,27,36-37H,4,12,17-18,26H2. The lowest BCUT2D eigenvalue weighted by molar-refractivity contribution is 0.841. The predicted octanol–water partition coefficient (Wildman–Crippen LogP) is 13.9. The fourth-order valence-corrected chi connectivity index (χ4v) is 12.1. The highest BCUT2D eigenvalue weighted by molar-refractivity contribution is 8.00. The average molecular weight is 715 g/mol. The van der Waals surface area contributed by atoms with Crippen molar-refractivity contribution in [2.75, 3.05) is 9.80 Å². The number of benzene rings is 6. The Hall–Kier alpha value is -5.16. The van der Waals surface area contributed by atoms with Crippen LogP contribution in [-0.2, 0) is 6.42 Å². The molecule has 7 aliphatic rings. The molecule has 0 radical (unpaired) electrons. The second-order valence-corrected chi connectivity index (χ2v) is 17.6. The summed E-state index contributed by atoms with van der Waals surface area (Å²) in [6.07, 6.45) is 13.2. The SMILES string of the molecule is C1=Cc2ccc3c(c2CC1)N(C1=CC2=C(C(=C4CC4)c4ccc(N5c6ccccc6Sc6ccc7ccccc7c65)cc42)C2CC12)c1ccccc1S3. The van der Waals surface area contributed by atoms with Gasteiger partial charge >= 0.3 is 0 Å². The number of nitrogens with zero attached hydrogens (tertiary/aromatic N) is 2. The Labute approximate surface area is 318 Å². The Kier molecular flexibility index (Phi) is 5.93. The van der Waals surface area contributed by atoms with Gasteiger partial charge in [0.15, 0.2) is 0 Å². The third kappa shape index (κ3) is 4.14. The molecule has 0 N–H and O–H groups in total. The van der Waals surface area contributed by atoms with Crippen molar-refractivity contribution in [3.05, 3.63) is 167 Å². The van der Waals surface area contributed by atoms with Crippen LogP contribution in [0, 0.1) is 11.8 Å². The topological polar surface area (TPSA) is 6.48 Å². The minimum Gasteiger partial charge on any atom is -0.311 e. The van der Waals surface area contributed by atoms with Gasteiger partial charge in [0.1, 0.15) is 0 Å². The van der Waals surface area contributed by atoms with Gasteiger partial charge in [0.25, 0.3) is 0 Å². The molecule has 252 valence electrons. The highest BCUT2D eigenvalue weighted by atomic mass is 32.2. The van der Waals surface area contributed by atoms with E-state index in [-0.39, 0.29) is 0 Å². The van der Waals surface area contributed by atoms with Crippen LogP contribution in [-0.4, -0.2) is 0 Å². The van der Waals surface area contributed by atoms with E-state index in [0.717, 1.165) is 12.8 Å². The van der Waals surface area contributed by atoms with Gasteiger partial charge in [-0.25, -0.2) is 0 Å². The largest absolute Gasteiger partial charge is 0.311 e. The number of hydrogen-bond acceptors (Lipinski definition) is 4. The average Bonchev–Trinajstić information content (AvgIpc) is 4.16. The van der Waals surface area contributed by atoms with Crippen molar-refractivity contribution in [3.8, 4) is 0 Å². The van der Waals surface area contributed by atoms with E-state index < -0.39 is 0 Å². The zero-order valence-electron chi connectivity index (χ0n) is 29.1. The van der Waals surface area contributed by atoms with Crippen LogP contribution in [0.25, 0.3) is 28.0 Å². The maximum absolute atomic E-state index is 2.71. The van der Waals surface area contributed by atoms with Crippen molar-refractivity contribution >= 4 is 80.0 Å². The summed E-state index contributed by atoms with van der Waals surface area (Å²) in [5.74, 6) is 1.12. The molecule has 0 aromatic heterocycles. The molecule has 2 fully saturated rings. The summed E-state index contributed by atoms with van der Waals surface area (Å²) in [7, 11) is 0. The Morgan fingerprint density at radius 1 is 0.604 bits per heavy atom. The normalized spacial score (nSPS) is 20.9. The van der Waals surface area contributed by atoms with Crippen LogP contribution in [0.1, 0.15) is 47.9 Å². The molecule has 2 nitrogen and oxygen atoms in total. The Bertz CT molecular complexity index is 2790. The molecule has 13 rings (SSSR count). The number of para-hydroxylation sites is 2. The van der Waals surface area contributed by atoms with Crippen LogP contribution < -0.4 is 9.80 Å². The summed E-state index contributed by atoms with van der Waals surface area (Å²) >= 11 is 3.84. The Balaban J connectivity index is 1.03. The van der Waals surface area contributed by atoms with Gasteiger partial charge in [-0.1, -0.05) is 108 Å². The van der Waals surface area contributed by atoms with Gasteiger partial charge in [-0.2, -0.15) is 0 Å². The molecule has 0 bridgehead atoms. The highest BCUT2D eigenvalue weighted by Gasteiger charge is 2.53. The first-order chi connectivity index (χ1) is 26.3. The second kappa shape index (κ2) is 10.7. The monoisotopic (exact) mass is 714 g/mol. The second-order valence-electron chi connectivity index (χ2n) is 15.4. The van der Waals surface area contributed by atoms with Crippen molar-refractivity contribution in [1.29, 1.82) is 0 Å². The molecule has 0 saturated heterocycles. The van der Waals surface area contributed by atoms with E-state index in [1.54, 1.807) is 16.7 Å². The zero-order chi connectivity index (χ0) is 34.4. The predicted molar refractivity (Wildman–Crippen MR) is 222 cm³/mol. The quantitative estimate of drug-likeness (QED) is 0.176. The molecule has 0 amide bonds. The van der Waals surface area contributed by atoms with Crippen LogP contribution >= 0.6 is 23.5 Å². The summed E-state index contributed by atoms with van der Waals surface area (Å²) in [6.45, 7) is 0. The first kappa shape index (κ1) is 29.3. The fraction of sp³-hybridized carbons (Fsp3) is 0.143. The van der Waals surface area contributed by atoms with Crippen LogP contribution in [0.5, 0.6) is 0 Å². The lowest BCUT2D eigenvalue weighted by atomic mass is 9.90. The van der Waals surface area contributed by atoms with Crippen LogP contribution in [0.4, 0.5) is 28.4 Å². The molecule has 0 spiro atoms. The van der Waals surface area contributed by atoms with E-state index >= 15 is 0 Å². The molecule has 2 heterocycles. The van der Waals surface area contributed by atoms with Crippen LogP contribution in [0.3, 0.4) is 0 Å². The molecule has 53 heavy (non-hydrogen) atoms. The first-order valence-electron chi connectivity index (χ1n) is 19.1. The van der Waals surface area contributed by atoms with E-state index in [0.29, 0.717) is 11.8 Å². The summed E-state index contributed by atoms with van der Waals surface area (Å²) in [4.78, 5) is 10.6. The fourth-order valence-electron chi connectivity index (χ4n) is 9.93. The van der Waals surface area contributed by atoms with E-state index in [2.05, 4.69) is 143 Å². The van der Waals surface area contributed by atoms with E-state index in [9.17, 15) is 0 Å². The van der Waals surface area contributed by atoms with Crippen molar-refractivity contribution < 1.29 is 0 Å². The van der Waals surface area contributed by atoms with Gasteiger partial charge < -0.3 is 9.80 Å². The van der Waals surface area contributed by atoms with Gasteiger partial charge in [-0.05, 0) is 137 Å². The smallest absolute Gasteiger partial charge is 0.0679 e. The minimum atomic E-state index is 0.542. The maximum atomic E-state index is 2.71. The van der Waals surface area contributed by atoms with E-state index in [1.165, 1.54) is 112 Å². The third-order valence-corrected chi connectivity index (χ3v) is 14.7.